The van der Waals surface area contributed by atoms with Gasteiger partial charge >= 0.3 is 5.97 Å². The smallest absolute Gasteiger partial charge is 0.309 e. The molecule has 0 amide bonds. The normalized spacial score (nSPS) is 14.3. The molecule has 0 saturated heterocycles. The van der Waals surface area contributed by atoms with E-state index in [9.17, 15) is 14.3 Å². The third kappa shape index (κ3) is 3.29. The maximum atomic E-state index is 12.9. The first-order valence-corrected chi connectivity index (χ1v) is 6.04. The summed E-state index contributed by atoms with van der Waals surface area (Å²) < 4.78 is 17.7. The van der Waals surface area contributed by atoms with Crippen LogP contribution in [0.1, 0.15) is 32.8 Å². The quantitative estimate of drug-likeness (QED) is 0.822. The lowest BCUT2D eigenvalue weighted by atomic mass is 9.81. The fourth-order valence-corrected chi connectivity index (χ4v) is 1.81. The van der Waals surface area contributed by atoms with Gasteiger partial charge in [0.1, 0.15) is 11.4 Å². The second-order valence-corrected chi connectivity index (χ2v) is 4.57. The summed E-state index contributed by atoms with van der Waals surface area (Å²) in [6, 6.07) is 5.53. The van der Waals surface area contributed by atoms with Gasteiger partial charge in [0.15, 0.2) is 0 Å². The Morgan fingerprint density at radius 3 is 2.39 bits per heavy atom. The SMILES string of the molecule is CCOC(=O)C[C@](O)(c1ccc(F)cc1)C(C)C. The summed E-state index contributed by atoms with van der Waals surface area (Å²) in [6.45, 7) is 5.60. The molecule has 0 aliphatic carbocycles. The van der Waals surface area contributed by atoms with Gasteiger partial charge in [-0.2, -0.15) is 0 Å². The molecular formula is C14H19FO3. The van der Waals surface area contributed by atoms with Gasteiger partial charge in [0.2, 0.25) is 0 Å². The van der Waals surface area contributed by atoms with Crippen molar-refractivity contribution in [3.63, 3.8) is 0 Å². The van der Waals surface area contributed by atoms with E-state index in [-0.39, 0.29) is 24.8 Å². The third-order valence-electron chi connectivity index (χ3n) is 3.02. The fourth-order valence-electron chi connectivity index (χ4n) is 1.81. The van der Waals surface area contributed by atoms with E-state index in [0.29, 0.717) is 5.56 Å². The molecule has 1 aromatic carbocycles. The topological polar surface area (TPSA) is 46.5 Å². The summed E-state index contributed by atoms with van der Waals surface area (Å²) in [5, 5.41) is 10.6. The number of halogens is 1. The van der Waals surface area contributed by atoms with Crippen LogP contribution in [0.4, 0.5) is 4.39 Å². The Labute approximate surface area is 107 Å². The van der Waals surface area contributed by atoms with Gasteiger partial charge in [-0.25, -0.2) is 4.39 Å². The van der Waals surface area contributed by atoms with Crippen molar-refractivity contribution >= 4 is 5.97 Å². The van der Waals surface area contributed by atoms with E-state index in [1.807, 2.05) is 13.8 Å². The van der Waals surface area contributed by atoms with Gasteiger partial charge in [-0.3, -0.25) is 4.79 Å². The average molecular weight is 254 g/mol. The van der Waals surface area contributed by atoms with Gasteiger partial charge in [0.25, 0.3) is 0 Å². The number of hydrogen-bond donors (Lipinski definition) is 1. The first-order valence-electron chi connectivity index (χ1n) is 6.04. The molecule has 1 aromatic rings. The largest absolute Gasteiger partial charge is 0.466 e. The minimum atomic E-state index is -1.33. The molecule has 1 rings (SSSR count). The number of carbonyl (C=O) groups excluding carboxylic acids is 1. The number of esters is 1. The van der Waals surface area contributed by atoms with E-state index in [1.165, 1.54) is 24.3 Å². The molecule has 0 unspecified atom stereocenters. The zero-order valence-corrected chi connectivity index (χ0v) is 10.9. The van der Waals surface area contributed by atoms with E-state index in [2.05, 4.69) is 0 Å². The predicted molar refractivity (Wildman–Crippen MR) is 66.4 cm³/mol. The number of rotatable bonds is 5. The zero-order valence-electron chi connectivity index (χ0n) is 10.9. The molecule has 4 heteroatoms. The van der Waals surface area contributed by atoms with Crippen LogP contribution < -0.4 is 0 Å². The van der Waals surface area contributed by atoms with Crippen molar-refractivity contribution in [2.75, 3.05) is 6.61 Å². The van der Waals surface area contributed by atoms with Crippen molar-refractivity contribution < 1.29 is 19.0 Å². The molecule has 1 atom stereocenters. The number of ether oxygens (including phenoxy) is 1. The highest BCUT2D eigenvalue weighted by molar-refractivity contribution is 5.71. The molecule has 18 heavy (non-hydrogen) atoms. The highest BCUT2D eigenvalue weighted by Crippen LogP contribution is 2.33. The van der Waals surface area contributed by atoms with Crippen molar-refractivity contribution in [2.24, 2.45) is 5.92 Å². The average Bonchev–Trinajstić information content (AvgIpc) is 2.29. The Morgan fingerprint density at radius 1 is 1.39 bits per heavy atom. The van der Waals surface area contributed by atoms with Gasteiger partial charge in [-0.15, -0.1) is 0 Å². The first-order chi connectivity index (χ1) is 8.40. The highest BCUT2D eigenvalue weighted by atomic mass is 19.1. The Balaban J connectivity index is 2.99. The van der Waals surface area contributed by atoms with Crippen LogP contribution >= 0.6 is 0 Å². The van der Waals surface area contributed by atoms with Crippen LogP contribution in [0.3, 0.4) is 0 Å². The molecule has 0 aromatic heterocycles. The summed E-state index contributed by atoms with van der Waals surface area (Å²) in [7, 11) is 0. The molecule has 0 bridgehead atoms. The van der Waals surface area contributed by atoms with Crippen molar-refractivity contribution in [2.45, 2.75) is 32.8 Å². The third-order valence-corrected chi connectivity index (χ3v) is 3.02. The minimum absolute atomic E-state index is 0.135. The van der Waals surface area contributed by atoms with Crippen LogP contribution in [0, 0.1) is 11.7 Å². The molecule has 0 spiro atoms. The van der Waals surface area contributed by atoms with E-state index < -0.39 is 11.6 Å². The second-order valence-electron chi connectivity index (χ2n) is 4.57. The van der Waals surface area contributed by atoms with Crippen LogP contribution in [0.5, 0.6) is 0 Å². The van der Waals surface area contributed by atoms with Crippen LogP contribution in [0.2, 0.25) is 0 Å². The van der Waals surface area contributed by atoms with Gasteiger partial charge in [-0.05, 0) is 30.5 Å². The summed E-state index contributed by atoms with van der Waals surface area (Å²) in [4.78, 5) is 11.5. The molecular weight excluding hydrogens is 235 g/mol. The summed E-state index contributed by atoms with van der Waals surface area (Å²) >= 11 is 0. The summed E-state index contributed by atoms with van der Waals surface area (Å²) in [6.07, 6.45) is -0.135. The molecule has 0 saturated carbocycles. The monoisotopic (exact) mass is 254 g/mol. The molecule has 0 heterocycles. The van der Waals surface area contributed by atoms with Crippen LogP contribution in [0.15, 0.2) is 24.3 Å². The standard InChI is InChI=1S/C14H19FO3/c1-4-18-13(16)9-14(17,10(2)3)11-5-7-12(15)8-6-11/h5-8,10,17H,4,9H2,1-3H3/t14-/m1/s1. The van der Waals surface area contributed by atoms with E-state index >= 15 is 0 Å². The van der Waals surface area contributed by atoms with Crippen molar-refractivity contribution in [3.8, 4) is 0 Å². The maximum absolute atomic E-state index is 12.9. The van der Waals surface area contributed by atoms with Crippen molar-refractivity contribution in [1.82, 2.24) is 0 Å². The van der Waals surface area contributed by atoms with Crippen LogP contribution in [0.25, 0.3) is 0 Å². The Morgan fingerprint density at radius 2 is 1.94 bits per heavy atom. The second kappa shape index (κ2) is 5.96. The van der Waals surface area contributed by atoms with Crippen LogP contribution in [-0.2, 0) is 15.1 Å². The Hall–Kier alpha value is -1.42. The molecule has 0 aliphatic rings. The number of carbonyl (C=O) groups is 1. The molecule has 100 valence electrons. The maximum Gasteiger partial charge on any atom is 0.309 e. The van der Waals surface area contributed by atoms with Gasteiger partial charge in [0, 0.05) is 0 Å². The van der Waals surface area contributed by atoms with Crippen LogP contribution in [-0.4, -0.2) is 17.7 Å². The van der Waals surface area contributed by atoms with Gasteiger partial charge in [0.05, 0.1) is 13.0 Å². The van der Waals surface area contributed by atoms with E-state index in [0.717, 1.165) is 0 Å². The molecule has 0 fully saturated rings. The van der Waals surface area contributed by atoms with Gasteiger partial charge < -0.3 is 9.84 Å². The lowest BCUT2D eigenvalue weighted by molar-refractivity contribution is -0.151. The summed E-state index contributed by atoms with van der Waals surface area (Å²) in [5.41, 5.74) is -0.813. The van der Waals surface area contributed by atoms with Crippen molar-refractivity contribution in [3.05, 3.63) is 35.6 Å². The lowest BCUT2D eigenvalue weighted by Gasteiger charge is -2.31. The zero-order chi connectivity index (χ0) is 13.8. The molecule has 0 radical (unpaired) electrons. The molecule has 1 N–H and O–H groups in total. The van der Waals surface area contributed by atoms with E-state index in [1.54, 1.807) is 6.92 Å². The minimum Gasteiger partial charge on any atom is -0.466 e. The fraction of sp³-hybridized carbons (Fsp3) is 0.500. The lowest BCUT2D eigenvalue weighted by Crippen LogP contribution is -2.35. The number of hydrogen-bond acceptors (Lipinski definition) is 3. The highest BCUT2D eigenvalue weighted by Gasteiger charge is 2.36. The molecule has 3 nitrogen and oxygen atoms in total. The Bertz CT molecular complexity index is 400. The first kappa shape index (κ1) is 14.6. The molecule has 0 aliphatic heterocycles. The van der Waals surface area contributed by atoms with Crippen molar-refractivity contribution in [1.29, 1.82) is 0 Å². The number of aliphatic hydroxyl groups is 1. The number of benzene rings is 1. The van der Waals surface area contributed by atoms with Gasteiger partial charge in [-0.1, -0.05) is 26.0 Å². The Kier molecular flexibility index (Phi) is 4.84. The van der Waals surface area contributed by atoms with E-state index in [4.69, 9.17) is 4.74 Å². The predicted octanol–water partition coefficient (Wildman–Crippen LogP) is 2.62. The summed E-state index contributed by atoms with van der Waals surface area (Å²) in [5.74, 6) is -1.02.